The molecule has 1 aliphatic heterocycles. The highest BCUT2D eigenvalue weighted by atomic mass is 16.7. The summed E-state index contributed by atoms with van der Waals surface area (Å²) in [5.41, 5.74) is 0. The lowest BCUT2D eigenvalue weighted by Crippen LogP contribution is -2.38. The van der Waals surface area contributed by atoms with Crippen LogP contribution in [0.15, 0.2) is 0 Å². The van der Waals surface area contributed by atoms with Gasteiger partial charge in [-0.05, 0) is 53.2 Å². The first-order valence-corrected chi connectivity index (χ1v) is 6.91. The molecule has 1 saturated heterocycles. The average Bonchev–Trinajstić information content (AvgIpc) is 2.52. The van der Waals surface area contributed by atoms with E-state index in [4.69, 9.17) is 9.47 Å². The maximum absolute atomic E-state index is 5.53. The molecule has 0 aliphatic carbocycles. The van der Waals surface area contributed by atoms with Crippen LogP contribution in [0.3, 0.4) is 0 Å². The van der Waals surface area contributed by atoms with Crippen molar-refractivity contribution < 1.29 is 9.47 Å². The summed E-state index contributed by atoms with van der Waals surface area (Å²) in [6.45, 7) is 8.64. The van der Waals surface area contributed by atoms with Crippen LogP contribution in [-0.4, -0.2) is 57.1 Å². The van der Waals surface area contributed by atoms with Gasteiger partial charge in [0.05, 0.1) is 0 Å². The molecule has 1 atom stereocenters. The van der Waals surface area contributed by atoms with Gasteiger partial charge in [-0.3, -0.25) is 0 Å². The van der Waals surface area contributed by atoms with Gasteiger partial charge in [-0.2, -0.15) is 0 Å². The molecular weight excluding hydrogens is 216 g/mol. The smallest absolute Gasteiger partial charge is 0.169 e. The average molecular weight is 244 g/mol. The van der Waals surface area contributed by atoms with E-state index in [0.29, 0.717) is 19.3 Å². The van der Waals surface area contributed by atoms with Crippen molar-refractivity contribution in [3.63, 3.8) is 0 Å². The van der Waals surface area contributed by atoms with E-state index < -0.39 is 0 Å². The van der Waals surface area contributed by atoms with Gasteiger partial charge in [-0.15, -0.1) is 0 Å². The minimum atomic E-state index is -0.0917. The molecule has 0 aromatic heterocycles. The zero-order valence-corrected chi connectivity index (χ0v) is 11.6. The van der Waals surface area contributed by atoms with E-state index in [1.165, 1.54) is 32.4 Å². The highest BCUT2D eigenvalue weighted by Crippen LogP contribution is 2.09. The molecule has 1 unspecified atom stereocenters. The van der Waals surface area contributed by atoms with E-state index in [2.05, 4.69) is 17.3 Å². The van der Waals surface area contributed by atoms with Crippen LogP contribution < -0.4 is 5.32 Å². The van der Waals surface area contributed by atoms with Crippen LogP contribution in [0.1, 0.15) is 33.1 Å². The van der Waals surface area contributed by atoms with Crippen LogP contribution in [0.25, 0.3) is 0 Å². The molecule has 0 aromatic rings. The first-order chi connectivity index (χ1) is 8.26. The van der Waals surface area contributed by atoms with E-state index in [9.17, 15) is 0 Å². The molecule has 0 spiro atoms. The second kappa shape index (κ2) is 8.86. The van der Waals surface area contributed by atoms with Gasteiger partial charge in [-0.25, -0.2) is 0 Å². The van der Waals surface area contributed by atoms with E-state index in [1.807, 2.05) is 13.8 Å². The second-order valence-corrected chi connectivity index (χ2v) is 4.68. The summed E-state index contributed by atoms with van der Waals surface area (Å²) < 4.78 is 11.1. The molecule has 0 saturated carbocycles. The molecule has 1 fully saturated rings. The van der Waals surface area contributed by atoms with Crippen LogP contribution in [0, 0.1) is 0 Å². The maximum Gasteiger partial charge on any atom is 0.169 e. The summed E-state index contributed by atoms with van der Waals surface area (Å²) in [6, 6.07) is 0.614. The largest absolute Gasteiger partial charge is 0.352 e. The van der Waals surface area contributed by atoms with Crippen LogP contribution in [0.5, 0.6) is 0 Å². The molecule has 0 amide bonds. The Balaban J connectivity index is 2.22. The van der Waals surface area contributed by atoms with Crippen LogP contribution >= 0.6 is 0 Å². The molecule has 1 aliphatic rings. The Morgan fingerprint density at radius 1 is 1.18 bits per heavy atom. The molecule has 102 valence electrons. The number of hydrogen-bond acceptors (Lipinski definition) is 4. The number of nitrogens with zero attached hydrogens (tertiary/aromatic N) is 1. The van der Waals surface area contributed by atoms with Crippen LogP contribution in [-0.2, 0) is 9.47 Å². The van der Waals surface area contributed by atoms with Crippen molar-refractivity contribution in [1.82, 2.24) is 10.2 Å². The van der Waals surface area contributed by atoms with Gasteiger partial charge in [0, 0.05) is 25.8 Å². The molecule has 0 bridgehead atoms. The predicted molar refractivity (Wildman–Crippen MR) is 70.2 cm³/mol. The van der Waals surface area contributed by atoms with Crippen molar-refractivity contribution in [2.45, 2.75) is 45.4 Å². The second-order valence-electron chi connectivity index (χ2n) is 4.68. The minimum Gasteiger partial charge on any atom is -0.352 e. The third kappa shape index (κ3) is 6.36. The fourth-order valence-corrected chi connectivity index (χ4v) is 2.24. The lowest BCUT2D eigenvalue weighted by molar-refractivity contribution is -0.133. The molecule has 1 N–H and O–H groups in total. The zero-order chi connectivity index (χ0) is 12.5. The van der Waals surface area contributed by atoms with Crippen LogP contribution in [0.2, 0.25) is 0 Å². The molecule has 1 heterocycles. The van der Waals surface area contributed by atoms with Crippen molar-refractivity contribution >= 4 is 0 Å². The number of nitrogens with one attached hydrogen (secondary N) is 1. The van der Waals surface area contributed by atoms with Crippen molar-refractivity contribution in [2.24, 2.45) is 0 Å². The molecule has 0 radical (unpaired) electrons. The minimum absolute atomic E-state index is 0.0917. The fraction of sp³-hybridized carbons (Fsp3) is 1.00. The van der Waals surface area contributed by atoms with Gasteiger partial charge in [-0.1, -0.05) is 0 Å². The predicted octanol–water partition coefficient (Wildman–Crippen LogP) is 1.46. The lowest BCUT2D eigenvalue weighted by atomic mass is 10.1. The Bertz CT molecular complexity index is 184. The molecule has 0 aromatic carbocycles. The number of rotatable bonds is 7. The Morgan fingerprint density at radius 3 is 2.53 bits per heavy atom. The number of ether oxygens (including phenoxy) is 2. The Kier molecular flexibility index (Phi) is 7.77. The Hall–Kier alpha value is -0.160. The first kappa shape index (κ1) is 14.9. The lowest BCUT2D eigenvalue weighted by Gasteiger charge is -2.22. The summed E-state index contributed by atoms with van der Waals surface area (Å²) in [4.78, 5) is 2.41. The quantitative estimate of drug-likeness (QED) is 0.688. The summed E-state index contributed by atoms with van der Waals surface area (Å²) in [6.07, 6.45) is 3.67. The highest BCUT2D eigenvalue weighted by molar-refractivity contribution is 4.73. The molecule has 4 heteroatoms. The monoisotopic (exact) mass is 244 g/mol. The topological polar surface area (TPSA) is 33.7 Å². The molecule has 4 nitrogen and oxygen atoms in total. The van der Waals surface area contributed by atoms with E-state index in [0.717, 1.165) is 6.54 Å². The summed E-state index contributed by atoms with van der Waals surface area (Å²) in [5, 5.41) is 3.58. The van der Waals surface area contributed by atoms with Gasteiger partial charge >= 0.3 is 0 Å². The maximum atomic E-state index is 5.53. The normalized spacial score (nSPS) is 22.9. The number of hydrogen-bond donors (Lipinski definition) is 1. The summed E-state index contributed by atoms with van der Waals surface area (Å²) in [7, 11) is 2.20. The van der Waals surface area contributed by atoms with Gasteiger partial charge in [0.1, 0.15) is 0 Å². The number of likely N-dealkylation sites (tertiary alicyclic amines) is 1. The van der Waals surface area contributed by atoms with Crippen molar-refractivity contribution in [2.75, 3.05) is 39.9 Å². The summed E-state index contributed by atoms with van der Waals surface area (Å²) in [5.74, 6) is 0. The highest BCUT2D eigenvalue weighted by Gasteiger charge is 2.16. The van der Waals surface area contributed by atoms with Gasteiger partial charge in [0.15, 0.2) is 6.29 Å². The van der Waals surface area contributed by atoms with E-state index in [-0.39, 0.29) is 6.29 Å². The summed E-state index contributed by atoms with van der Waals surface area (Å²) >= 11 is 0. The van der Waals surface area contributed by atoms with E-state index >= 15 is 0 Å². The van der Waals surface area contributed by atoms with Crippen molar-refractivity contribution in [3.8, 4) is 0 Å². The molecular formula is C13H28N2O2. The zero-order valence-electron chi connectivity index (χ0n) is 11.6. The molecule has 17 heavy (non-hydrogen) atoms. The van der Waals surface area contributed by atoms with Gasteiger partial charge in [0.25, 0.3) is 0 Å². The van der Waals surface area contributed by atoms with Gasteiger partial charge in [0.2, 0.25) is 0 Å². The SMILES string of the molecule is CCOC(CNC1CCCN(C)CC1)OCC. The Labute approximate surface area is 106 Å². The third-order valence-electron chi connectivity index (χ3n) is 3.23. The van der Waals surface area contributed by atoms with Crippen molar-refractivity contribution in [3.05, 3.63) is 0 Å². The third-order valence-corrected chi connectivity index (χ3v) is 3.23. The van der Waals surface area contributed by atoms with E-state index in [1.54, 1.807) is 0 Å². The first-order valence-electron chi connectivity index (χ1n) is 6.91. The fourth-order valence-electron chi connectivity index (χ4n) is 2.24. The van der Waals surface area contributed by atoms with Gasteiger partial charge < -0.3 is 19.7 Å². The Morgan fingerprint density at radius 2 is 1.88 bits per heavy atom. The standard InChI is InChI=1S/C13H28N2O2/c1-4-16-13(17-5-2)11-14-12-7-6-9-15(3)10-8-12/h12-14H,4-11H2,1-3H3. The van der Waals surface area contributed by atoms with Crippen molar-refractivity contribution in [1.29, 1.82) is 0 Å². The molecule has 1 rings (SSSR count). The van der Waals surface area contributed by atoms with Crippen LogP contribution in [0.4, 0.5) is 0 Å².